The van der Waals surface area contributed by atoms with Crippen LogP contribution in [0.1, 0.15) is 35.4 Å². The number of carboxylic acid groups (broad SMARTS) is 1. The molecule has 1 aromatic rings. The van der Waals surface area contributed by atoms with Gasteiger partial charge in [-0.05, 0) is 12.5 Å². The molecule has 1 N–H and O–H groups in total. The monoisotopic (exact) mass is 237 g/mol. The first kappa shape index (κ1) is 11.4. The van der Waals surface area contributed by atoms with Crippen molar-refractivity contribution in [2.45, 2.75) is 25.8 Å². The van der Waals surface area contributed by atoms with Crippen LogP contribution in [-0.2, 0) is 16.1 Å². The number of nitrogens with zero attached hydrogens (tertiary/aromatic N) is 1. The lowest BCUT2D eigenvalue weighted by molar-refractivity contribution is -0.149. The van der Waals surface area contributed by atoms with Gasteiger partial charge in [0.1, 0.15) is 11.3 Å². The first-order chi connectivity index (χ1) is 8.09. The minimum atomic E-state index is -1.13. The normalized spacial score (nSPS) is 16.4. The number of hydrogen-bond donors (Lipinski definition) is 1. The summed E-state index contributed by atoms with van der Waals surface area (Å²) in [5, 5.41) is 8.87. The van der Waals surface area contributed by atoms with Crippen LogP contribution >= 0.6 is 0 Å². The van der Waals surface area contributed by atoms with Crippen LogP contribution in [0.5, 0.6) is 0 Å². The van der Waals surface area contributed by atoms with Crippen LogP contribution in [0, 0.1) is 0 Å². The van der Waals surface area contributed by atoms with Crippen molar-refractivity contribution in [3.8, 4) is 0 Å². The van der Waals surface area contributed by atoms with Crippen molar-refractivity contribution in [1.29, 1.82) is 0 Å². The van der Waals surface area contributed by atoms with Crippen molar-refractivity contribution >= 4 is 17.8 Å². The Balaban J connectivity index is 2.19. The molecule has 6 nitrogen and oxygen atoms in total. The van der Waals surface area contributed by atoms with Crippen molar-refractivity contribution in [2.24, 2.45) is 0 Å². The van der Waals surface area contributed by atoms with Gasteiger partial charge in [0.05, 0.1) is 12.8 Å². The lowest BCUT2D eigenvalue weighted by Crippen LogP contribution is -2.39. The molecule has 1 fully saturated rings. The Kier molecular flexibility index (Phi) is 2.95. The summed E-state index contributed by atoms with van der Waals surface area (Å²) in [6, 6.07) is 1.30. The maximum atomic E-state index is 11.5. The van der Waals surface area contributed by atoms with E-state index >= 15 is 0 Å². The molecular formula is C11H11NO5. The van der Waals surface area contributed by atoms with Crippen LogP contribution in [0.4, 0.5) is 0 Å². The van der Waals surface area contributed by atoms with Crippen LogP contribution in [0.2, 0.25) is 0 Å². The maximum absolute atomic E-state index is 11.5. The molecule has 6 heteroatoms. The highest BCUT2D eigenvalue weighted by Gasteiger charge is 2.28. The fraction of sp³-hybridized carbons (Fsp3) is 0.364. The predicted octanol–water partition coefficient (Wildman–Crippen LogP) is 1.02. The number of likely N-dealkylation sites (tertiary alicyclic amines) is 1. The molecule has 0 atom stereocenters. The molecule has 17 heavy (non-hydrogen) atoms. The smallest absolute Gasteiger partial charge is 0.339 e. The molecule has 1 aliphatic rings. The molecule has 0 radical (unpaired) electrons. The van der Waals surface area contributed by atoms with Gasteiger partial charge in [-0.25, -0.2) is 4.79 Å². The number of carboxylic acids is 1. The summed E-state index contributed by atoms with van der Waals surface area (Å²) in [5.41, 5.74) is -0.0174. The topological polar surface area (TPSA) is 87.8 Å². The Bertz CT molecular complexity index is 460. The van der Waals surface area contributed by atoms with Gasteiger partial charge in [0.15, 0.2) is 0 Å². The third kappa shape index (κ3) is 2.20. The summed E-state index contributed by atoms with van der Waals surface area (Å²) in [6.07, 6.45) is 2.42. The van der Waals surface area contributed by atoms with E-state index < -0.39 is 5.97 Å². The largest absolute Gasteiger partial charge is 0.478 e. The van der Waals surface area contributed by atoms with Crippen molar-refractivity contribution in [3.05, 3.63) is 23.7 Å². The van der Waals surface area contributed by atoms with E-state index in [-0.39, 0.29) is 29.7 Å². The molecule has 0 aromatic carbocycles. The summed E-state index contributed by atoms with van der Waals surface area (Å²) < 4.78 is 5.00. The Labute approximate surface area is 96.8 Å². The van der Waals surface area contributed by atoms with Gasteiger partial charge in [0.2, 0.25) is 11.8 Å². The number of aromatic carboxylic acids is 1. The van der Waals surface area contributed by atoms with Gasteiger partial charge in [0.25, 0.3) is 0 Å². The second kappa shape index (κ2) is 4.40. The molecule has 2 heterocycles. The van der Waals surface area contributed by atoms with Crippen LogP contribution in [0.15, 0.2) is 16.7 Å². The number of rotatable bonds is 3. The molecule has 0 saturated carbocycles. The zero-order valence-electron chi connectivity index (χ0n) is 9.01. The van der Waals surface area contributed by atoms with Gasteiger partial charge < -0.3 is 9.52 Å². The van der Waals surface area contributed by atoms with E-state index in [4.69, 9.17) is 9.52 Å². The zero-order valence-corrected chi connectivity index (χ0v) is 9.01. The quantitative estimate of drug-likeness (QED) is 0.793. The summed E-state index contributed by atoms with van der Waals surface area (Å²) >= 11 is 0. The highest BCUT2D eigenvalue weighted by molar-refractivity contribution is 5.97. The highest BCUT2D eigenvalue weighted by Crippen LogP contribution is 2.18. The minimum Gasteiger partial charge on any atom is -0.478 e. The maximum Gasteiger partial charge on any atom is 0.339 e. The Morgan fingerprint density at radius 1 is 1.35 bits per heavy atom. The Hall–Kier alpha value is -2.11. The molecule has 90 valence electrons. The fourth-order valence-electron chi connectivity index (χ4n) is 1.77. The fourth-order valence-corrected chi connectivity index (χ4v) is 1.77. The van der Waals surface area contributed by atoms with Crippen molar-refractivity contribution < 1.29 is 23.9 Å². The third-order valence-corrected chi connectivity index (χ3v) is 2.66. The van der Waals surface area contributed by atoms with Gasteiger partial charge in [0, 0.05) is 12.8 Å². The second-order valence-electron chi connectivity index (χ2n) is 3.79. The number of carbonyl (C=O) groups excluding carboxylic acids is 2. The van der Waals surface area contributed by atoms with Crippen LogP contribution in [0.3, 0.4) is 0 Å². The number of hydrogen-bond acceptors (Lipinski definition) is 4. The van der Waals surface area contributed by atoms with E-state index in [2.05, 4.69) is 0 Å². The summed E-state index contributed by atoms with van der Waals surface area (Å²) in [7, 11) is 0. The standard InChI is InChI=1S/C11H11NO5/c13-9-2-1-3-10(14)12(9)6-8-7(11(15)16)4-5-17-8/h4-5H,1-3,6H2,(H,15,16). The Morgan fingerprint density at radius 3 is 2.59 bits per heavy atom. The first-order valence-corrected chi connectivity index (χ1v) is 5.22. The molecule has 1 aliphatic heterocycles. The lowest BCUT2D eigenvalue weighted by atomic mass is 10.1. The number of piperidine rings is 1. The predicted molar refractivity (Wildman–Crippen MR) is 55.1 cm³/mol. The molecule has 1 aromatic heterocycles. The van der Waals surface area contributed by atoms with Gasteiger partial charge in [-0.2, -0.15) is 0 Å². The molecule has 0 unspecified atom stereocenters. The zero-order chi connectivity index (χ0) is 12.4. The number of furan rings is 1. The second-order valence-corrected chi connectivity index (χ2v) is 3.79. The summed E-state index contributed by atoms with van der Waals surface area (Å²) in [6.45, 7) is -0.105. The molecule has 0 bridgehead atoms. The van der Waals surface area contributed by atoms with Crippen LogP contribution < -0.4 is 0 Å². The van der Waals surface area contributed by atoms with Crippen molar-refractivity contribution in [3.63, 3.8) is 0 Å². The minimum absolute atomic E-state index is 0.0174. The molecule has 2 amide bonds. The van der Waals surface area contributed by atoms with Gasteiger partial charge in [-0.15, -0.1) is 0 Å². The van der Waals surface area contributed by atoms with E-state index in [0.717, 1.165) is 4.90 Å². The average molecular weight is 237 g/mol. The molecule has 0 aliphatic carbocycles. The van der Waals surface area contributed by atoms with Crippen molar-refractivity contribution in [1.82, 2.24) is 4.90 Å². The molecule has 1 saturated heterocycles. The third-order valence-electron chi connectivity index (χ3n) is 2.66. The number of carbonyl (C=O) groups is 3. The van der Waals surface area contributed by atoms with E-state index in [1.54, 1.807) is 0 Å². The number of amides is 2. The molecule has 2 rings (SSSR count). The Morgan fingerprint density at radius 2 is 2.00 bits per heavy atom. The molecule has 0 spiro atoms. The SMILES string of the molecule is O=C(O)c1ccoc1CN1C(=O)CCCC1=O. The van der Waals surface area contributed by atoms with E-state index in [1.165, 1.54) is 12.3 Å². The first-order valence-electron chi connectivity index (χ1n) is 5.22. The average Bonchev–Trinajstić information content (AvgIpc) is 2.72. The lowest BCUT2D eigenvalue weighted by Gasteiger charge is -2.23. The highest BCUT2D eigenvalue weighted by atomic mass is 16.4. The van der Waals surface area contributed by atoms with Crippen LogP contribution in [-0.4, -0.2) is 27.8 Å². The van der Waals surface area contributed by atoms with E-state index in [1.807, 2.05) is 0 Å². The molecular weight excluding hydrogens is 226 g/mol. The number of imide groups is 1. The van der Waals surface area contributed by atoms with Gasteiger partial charge in [-0.3, -0.25) is 14.5 Å². The van der Waals surface area contributed by atoms with Crippen molar-refractivity contribution in [2.75, 3.05) is 0 Å². The summed E-state index contributed by atoms with van der Waals surface area (Å²) in [5.74, 6) is -1.57. The summed E-state index contributed by atoms with van der Waals surface area (Å²) in [4.78, 5) is 34.9. The van der Waals surface area contributed by atoms with Crippen LogP contribution in [0.25, 0.3) is 0 Å². The van der Waals surface area contributed by atoms with Gasteiger partial charge >= 0.3 is 5.97 Å². The van der Waals surface area contributed by atoms with E-state index in [9.17, 15) is 14.4 Å². The van der Waals surface area contributed by atoms with E-state index in [0.29, 0.717) is 19.3 Å². The van der Waals surface area contributed by atoms with Gasteiger partial charge in [-0.1, -0.05) is 0 Å².